The molecule has 0 saturated carbocycles. The summed E-state index contributed by atoms with van der Waals surface area (Å²) in [4.78, 5) is 50.8. The van der Waals surface area contributed by atoms with Crippen LogP contribution in [0.25, 0.3) is 0 Å². The van der Waals surface area contributed by atoms with Gasteiger partial charge >= 0.3 is 18.0 Å². The summed E-state index contributed by atoms with van der Waals surface area (Å²) >= 11 is 0. The molecule has 2 amide bonds. The third-order valence-corrected chi connectivity index (χ3v) is 4.08. The molecule has 30 heavy (non-hydrogen) atoms. The molecule has 0 aliphatic carbocycles. The van der Waals surface area contributed by atoms with E-state index >= 15 is 0 Å². The molecule has 0 saturated heterocycles. The van der Waals surface area contributed by atoms with Gasteiger partial charge in [0.05, 0.1) is 20.6 Å². The number of rotatable bonds is 8. The first kappa shape index (κ1) is 24.9. The fourth-order valence-electron chi connectivity index (χ4n) is 2.58. The lowest BCUT2D eigenvalue weighted by molar-refractivity contribution is -0.154. The van der Waals surface area contributed by atoms with Crippen molar-refractivity contribution >= 4 is 23.9 Å². The van der Waals surface area contributed by atoms with Crippen molar-refractivity contribution in [2.75, 3.05) is 14.2 Å². The van der Waals surface area contributed by atoms with E-state index < -0.39 is 48.0 Å². The van der Waals surface area contributed by atoms with Crippen molar-refractivity contribution in [3.05, 3.63) is 35.9 Å². The third kappa shape index (κ3) is 8.10. The Hall–Kier alpha value is -3.10. The van der Waals surface area contributed by atoms with E-state index in [1.165, 1.54) is 26.0 Å². The molecule has 0 unspecified atom stereocenters. The van der Waals surface area contributed by atoms with Crippen molar-refractivity contribution in [3.63, 3.8) is 0 Å². The molecule has 1 rings (SSSR count). The second-order valence-electron chi connectivity index (χ2n) is 7.63. The van der Waals surface area contributed by atoms with Gasteiger partial charge < -0.3 is 24.4 Å². The van der Waals surface area contributed by atoms with Crippen LogP contribution in [0.2, 0.25) is 0 Å². The molecule has 0 heterocycles. The molecule has 166 valence electrons. The molecule has 0 spiro atoms. The lowest BCUT2D eigenvalue weighted by Gasteiger charge is -2.31. The average molecular weight is 422 g/mol. The number of carbonyl (C=O) groups excluding carboxylic acids is 4. The number of alkyl carbamates (subject to hydrolysis) is 1. The van der Waals surface area contributed by atoms with E-state index in [4.69, 9.17) is 9.47 Å². The van der Waals surface area contributed by atoms with E-state index in [2.05, 4.69) is 10.1 Å². The summed E-state index contributed by atoms with van der Waals surface area (Å²) in [6.07, 6.45) is -1.29. The maximum absolute atomic E-state index is 13.3. The fraction of sp³-hybridized carbons (Fsp3) is 0.524. The van der Waals surface area contributed by atoms with Crippen molar-refractivity contribution in [3.8, 4) is 0 Å². The Morgan fingerprint density at radius 3 is 2.13 bits per heavy atom. The number of ether oxygens (including phenoxy) is 3. The second-order valence-corrected chi connectivity index (χ2v) is 7.63. The Bertz CT molecular complexity index is 743. The van der Waals surface area contributed by atoms with Gasteiger partial charge in [-0.25, -0.2) is 9.59 Å². The highest BCUT2D eigenvalue weighted by molar-refractivity contribution is 5.92. The molecule has 0 aromatic heterocycles. The number of benzene rings is 1. The smallest absolute Gasteiger partial charge is 0.408 e. The molecule has 1 N–H and O–H groups in total. The third-order valence-electron chi connectivity index (χ3n) is 4.08. The summed E-state index contributed by atoms with van der Waals surface area (Å²) in [5.41, 5.74) is -0.0397. The van der Waals surface area contributed by atoms with Crippen LogP contribution in [0.4, 0.5) is 4.79 Å². The quantitative estimate of drug-likeness (QED) is 0.504. The first-order valence-corrected chi connectivity index (χ1v) is 9.47. The first-order chi connectivity index (χ1) is 14.0. The summed E-state index contributed by atoms with van der Waals surface area (Å²) in [6, 6.07) is 6.76. The van der Waals surface area contributed by atoms with E-state index in [9.17, 15) is 19.2 Å². The van der Waals surface area contributed by atoms with Gasteiger partial charge in [-0.3, -0.25) is 9.59 Å². The van der Waals surface area contributed by atoms with E-state index in [0.717, 1.165) is 5.56 Å². The van der Waals surface area contributed by atoms with E-state index in [-0.39, 0.29) is 6.54 Å². The lowest BCUT2D eigenvalue weighted by atomic mass is 10.1. The number of nitrogens with one attached hydrogen (secondary N) is 1. The predicted molar refractivity (Wildman–Crippen MR) is 108 cm³/mol. The van der Waals surface area contributed by atoms with Crippen LogP contribution in [-0.2, 0) is 35.1 Å². The van der Waals surface area contributed by atoms with Crippen LogP contribution in [-0.4, -0.2) is 60.7 Å². The molecule has 9 nitrogen and oxygen atoms in total. The Balaban J connectivity index is 3.19. The van der Waals surface area contributed by atoms with Gasteiger partial charge in [-0.2, -0.15) is 0 Å². The Morgan fingerprint density at radius 1 is 1.03 bits per heavy atom. The van der Waals surface area contributed by atoms with Crippen molar-refractivity contribution in [1.82, 2.24) is 10.2 Å². The molecule has 0 aliphatic heterocycles. The van der Waals surface area contributed by atoms with Crippen molar-refractivity contribution in [2.24, 2.45) is 0 Å². The minimum atomic E-state index is -1.29. The van der Waals surface area contributed by atoms with Gasteiger partial charge in [-0.1, -0.05) is 30.3 Å². The van der Waals surface area contributed by atoms with Crippen molar-refractivity contribution in [2.45, 2.75) is 58.3 Å². The zero-order valence-electron chi connectivity index (χ0n) is 18.3. The molecule has 0 bridgehead atoms. The zero-order chi connectivity index (χ0) is 22.9. The second kappa shape index (κ2) is 11.2. The van der Waals surface area contributed by atoms with Crippen LogP contribution >= 0.6 is 0 Å². The van der Waals surface area contributed by atoms with Gasteiger partial charge in [-0.15, -0.1) is 0 Å². The molecule has 0 aliphatic rings. The van der Waals surface area contributed by atoms with Crippen LogP contribution in [0.3, 0.4) is 0 Å². The molecule has 1 aromatic carbocycles. The predicted octanol–water partition coefficient (Wildman–Crippen LogP) is 2.03. The molecular weight excluding hydrogens is 392 g/mol. The van der Waals surface area contributed by atoms with Crippen LogP contribution in [0.5, 0.6) is 0 Å². The Morgan fingerprint density at radius 2 is 1.63 bits per heavy atom. The number of amides is 2. The maximum atomic E-state index is 13.3. The van der Waals surface area contributed by atoms with Crippen molar-refractivity contribution < 1.29 is 33.4 Å². The van der Waals surface area contributed by atoms with Crippen LogP contribution in [0.1, 0.15) is 39.7 Å². The highest BCUT2D eigenvalue weighted by atomic mass is 16.6. The topological polar surface area (TPSA) is 111 Å². The van der Waals surface area contributed by atoms with Gasteiger partial charge in [0.1, 0.15) is 17.7 Å². The normalized spacial score (nSPS) is 12.9. The summed E-state index contributed by atoms with van der Waals surface area (Å²) in [5.74, 6) is -1.98. The molecule has 1 aromatic rings. The van der Waals surface area contributed by atoms with Crippen molar-refractivity contribution in [1.29, 1.82) is 0 Å². The molecule has 0 fully saturated rings. The fourth-order valence-corrected chi connectivity index (χ4v) is 2.58. The van der Waals surface area contributed by atoms with Gasteiger partial charge in [0.25, 0.3) is 0 Å². The largest absolute Gasteiger partial charge is 0.469 e. The van der Waals surface area contributed by atoms with Gasteiger partial charge in [0.2, 0.25) is 5.91 Å². The average Bonchev–Trinajstić information content (AvgIpc) is 2.69. The molecule has 2 atom stereocenters. The molecule has 0 radical (unpaired) electrons. The van der Waals surface area contributed by atoms with E-state index in [1.54, 1.807) is 45.0 Å². The maximum Gasteiger partial charge on any atom is 0.408 e. The number of hydrogen-bond acceptors (Lipinski definition) is 7. The van der Waals surface area contributed by atoms with E-state index in [0.29, 0.717) is 0 Å². The van der Waals surface area contributed by atoms with Gasteiger partial charge in [-0.05, 0) is 33.3 Å². The van der Waals surface area contributed by atoms with Gasteiger partial charge in [0.15, 0.2) is 0 Å². The number of esters is 2. The lowest BCUT2D eigenvalue weighted by Crippen LogP contribution is -2.54. The highest BCUT2D eigenvalue weighted by Crippen LogP contribution is 2.14. The highest BCUT2D eigenvalue weighted by Gasteiger charge is 2.35. The number of hydrogen-bond donors (Lipinski definition) is 1. The standard InChI is InChI=1S/C21H30N2O7/c1-14(19(26)29-6)23(13-15-10-8-7-9-11-15)18(25)16(12-17(24)28-5)22-20(27)30-21(2,3)4/h7-11,14,16H,12-13H2,1-6H3,(H,22,27)/t14-,16+/m0/s1. The monoisotopic (exact) mass is 422 g/mol. The SMILES string of the molecule is COC(=O)C[C@@H](NC(=O)OC(C)(C)C)C(=O)N(Cc1ccccc1)[C@@H](C)C(=O)OC. The summed E-state index contributed by atoms with van der Waals surface area (Å²) in [5, 5.41) is 2.41. The summed E-state index contributed by atoms with van der Waals surface area (Å²) in [7, 11) is 2.39. The first-order valence-electron chi connectivity index (χ1n) is 9.47. The number of carbonyl (C=O) groups is 4. The van der Waals surface area contributed by atoms with Crippen LogP contribution in [0.15, 0.2) is 30.3 Å². The van der Waals surface area contributed by atoms with Crippen LogP contribution < -0.4 is 5.32 Å². The Kier molecular flexibility index (Phi) is 9.29. The van der Waals surface area contributed by atoms with Crippen LogP contribution in [0, 0.1) is 0 Å². The van der Waals surface area contributed by atoms with E-state index in [1.807, 2.05) is 6.07 Å². The number of methoxy groups -OCH3 is 2. The minimum Gasteiger partial charge on any atom is -0.469 e. The van der Waals surface area contributed by atoms with Gasteiger partial charge in [0, 0.05) is 6.54 Å². The zero-order valence-corrected chi connectivity index (χ0v) is 18.3. The molecule has 9 heteroatoms. The summed E-state index contributed by atoms with van der Waals surface area (Å²) in [6.45, 7) is 6.60. The summed E-state index contributed by atoms with van der Waals surface area (Å²) < 4.78 is 14.6. The minimum absolute atomic E-state index is 0.0730. The molecular formula is C21H30N2O7. The Labute approximate surface area is 176 Å². The number of nitrogens with zero attached hydrogens (tertiary/aromatic N) is 1.